The van der Waals surface area contributed by atoms with Crippen LogP contribution in [0.15, 0.2) is 48.5 Å². The van der Waals surface area contributed by atoms with Gasteiger partial charge in [0.1, 0.15) is 0 Å². The number of carbonyl (C=O) groups excluding carboxylic acids is 2. The van der Waals surface area contributed by atoms with Crippen molar-refractivity contribution in [3.63, 3.8) is 0 Å². The predicted octanol–water partition coefficient (Wildman–Crippen LogP) is 3.20. The Kier molecular flexibility index (Phi) is 5.26. The van der Waals surface area contributed by atoms with E-state index in [1.165, 1.54) is 12.1 Å². The number of halogens is 1. The topological polar surface area (TPSA) is 83.5 Å². The first kappa shape index (κ1) is 16.2. The van der Waals surface area contributed by atoms with E-state index in [9.17, 15) is 14.4 Å². The minimum Gasteiger partial charge on any atom is -0.478 e. The number of benzene rings is 2. The molecule has 1 amide bonds. The van der Waals surface area contributed by atoms with Gasteiger partial charge in [0.15, 0.2) is 5.78 Å². The number of nitrogens with one attached hydrogen (secondary N) is 1. The number of carboxylic acid groups (broad SMARTS) is 1. The second-order valence-electron chi connectivity index (χ2n) is 4.51. The highest BCUT2D eigenvalue weighted by Gasteiger charge is 2.14. The maximum atomic E-state index is 11.9. The monoisotopic (exact) mass is 409 g/mol. The average molecular weight is 409 g/mol. The molecule has 112 valence electrons. The highest BCUT2D eigenvalue weighted by atomic mass is 127. The Hall–Kier alpha value is -2.22. The quantitative estimate of drug-likeness (QED) is 0.452. The Labute approximate surface area is 140 Å². The van der Waals surface area contributed by atoms with Gasteiger partial charge in [-0.25, -0.2) is 4.79 Å². The van der Waals surface area contributed by atoms with Gasteiger partial charge in [0.2, 0.25) is 5.91 Å². The zero-order chi connectivity index (χ0) is 16.1. The van der Waals surface area contributed by atoms with Crippen molar-refractivity contribution in [2.75, 3.05) is 5.32 Å². The molecular formula is C16H12INO4. The van der Waals surface area contributed by atoms with E-state index in [1.807, 2.05) is 22.6 Å². The molecule has 2 aromatic carbocycles. The van der Waals surface area contributed by atoms with Gasteiger partial charge in [-0.3, -0.25) is 9.59 Å². The van der Waals surface area contributed by atoms with Crippen LogP contribution in [0.5, 0.6) is 0 Å². The number of carboxylic acids is 1. The number of amides is 1. The van der Waals surface area contributed by atoms with E-state index in [-0.39, 0.29) is 17.8 Å². The van der Waals surface area contributed by atoms with Crippen LogP contribution in [0.3, 0.4) is 0 Å². The van der Waals surface area contributed by atoms with Crippen LogP contribution < -0.4 is 5.32 Å². The Morgan fingerprint density at radius 3 is 2.32 bits per heavy atom. The van der Waals surface area contributed by atoms with E-state index in [1.54, 1.807) is 36.4 Å². The fourth-order valence-corrected chi connectivity index (χ4v) is 2.29. The molecule has 0 saturated carbocycles. The third-order valence-electron chi connectivity index (χ3n) is 2.90. The number of hydrogen-bond acceptors (Lipinski definition) is 3. The Bertz CT molecular complexity index is 728. The van der Waals surface area contributed by atoms with E-state index in [0.717, 1.165) is 0 Å². The first-order valence-corrected chi connectivity index (χ1v) is 7.46. The van der Waals surface area contributed by atoms with Crippen LogP contribution in [0.2, 0.25) is 0 Å². The third kappa shape index (κ3) is 4.14. The predicted molar refractivity (Wildman–Crippen MR) is 90.1 cm³/mol. The third-order valence-corrected chi connectivity index (χ3v) is 3.84. The van der Waals surface area contributed by atoms with Crippen LogP contribution in [0.1, 0.15) is 27.1 Å². The molecule has 0 saturated heterocycles. The molecule has 0 bridgehead atoms. The van der Waals surface area contributed by atoms with Gasteiger partial charge in [-0.2, -0.15) is 0 Å². The molecule has 5 nitrogen and oxygen atoms in total. The molecule has 0 aliphatic carbocycles. The molecule has 6 heteroatoms. The smallest absolute Gasteiger partial charge is 0.335 e. The zero-order valence-corrected chi connectivity index (χ0v) is 13.5. The number of aromatic carboxylic acids is 1. The number of anilines is 1. The van der Waals surface area contributed by atoms with Crippen molar-refractivity contribution >= 4 is 45.9 Å². The van der Waals surface area contributed by atoms with Gasteiger partial charge in [0, 0.05) is 9.13 Å². The second kappa shape index (κ2) is 7.17. The Balaban J connectivity index is 2.08. The van der Waals surface area contributed by atoms with Gasteiger partial charge in [0.25, 0.3) is 0 Å². The molecule has 0 unspecified atom stereocenters. The molecule has 0 aliphatic heterocycles. The van der Waals surface area contributed by atoms with Crippen LogP contribution in [0, 0.1) is 3.57 Å². The van der Waals surface area contributed by atoms with Gasteiger partial charge in [-0.15, -0.1) is 0 Å². The lowest BCUT2D eigenvalue weighted by Gasteiger charge is -2.08. The summed E-state index contributed by atoms with van der Waals surface area (Å²) in [5.41, 5.74) is 0.920. The molecule has 0 aromatic heterocycles. The molecule has 22 heavy (non-hydrogen) atoms. The summed E-state index contributed by atoms with van der Waals surface area (Å²) in [5, 5.41) is 11.5. The normalized spacial score (nSPS) is 10.0. The highest BCUT2D eigenvalue weighted by molar-refractivity contribution is 14.1. The number of rotatable bonds is 5. The van der Waals surface area contributed by atoms with Crippen molar-refractivity contribution in [1.29, 1.82) is 0 Å². The second-order valence-corrected chi connectivity index (χ2v) is 5.68. The molecule has 0 fully saturated rings. The summed E-state index contributed by atoms with van der Waals surface area (Å²) in [5.74, 6) is -1.84. The first-order valence-electron chi connectivity index (χ1n) is 6.38. The van der Waals surface area contributed by atoms with E-state index in [4.69, 9.17) is 5.11 Å². The van der Waals surface area contributed by atoms with Gasteiger partial charge in [-0.05, 0) is 40.8 Å². The zero-order valence-electron chi connectivity index (χ0n) is 11.4. The summed E-state index contributed by atoms with van der Waals surface area (Å²) in [6.45, 7) is 0. The molecule has 0 heterocycles. The van der Waals surface area contributed by atoms with Crippen molar-refractivity contribution in [1.82, 2.24) is 0 Å². The number of carbonyl (C=O) groups is 3. The molecule has 0 spiro atoms. The number of Topliss-reactive ketones (excluding diaryl/α,β-unsaturated/α-hetero) is 1. The number of ketones is 1. The maximum absolute atomic E-state index is 11.9. The van der Waals surface area contributed by atoms with Gasteiger partial charge in [-0.1, -0.05) is 30.3 Å². The summed E-state index contributed by atoms with van der Waals surface area (Å²) in [7, 11) is 0. The van der Waals surface area contributed by atoms with Gasteiger partial charge < -0.3 is 10.4 Å². The van der Waals surface area contributed by atoms with E-state index >= 15 is 0 Å². The van der Waals surface area contributed by atoms with Crippen molar-refractivity contribution in [3.8, 4) is 0 Å². The molecule has 2 N–H and O–H groups in total. The average Bonchev–Trinajstić information content (AvgIpc) is 2.50. The maximum Gasteiger partial charge on any atom is 0.335 e. The Morgan fingerprint density at radius 2 is 1.68 bits per heavy atom. The minimum absolute atomic E-state index is 0.0742. The Morgan fingerprint density at radius 1 is 1.00 bits per heavy atom. The summed E-state index contributed by atoms with van der Waals surface area (Å²) < 4.78 is 0.697. The fraction of sp³-hybridized carbons (Fsp3) is 0.0625. The van der Waals surface area contributed by atoms with Crippen molar-refractivity contribution in [2.45, 2.75) is 6.42 Å². The highest BCUT2D eigenvalue weighted by Crippen LogP contribution is 2.20. The molecule has 0 atom stereocenters. The molecule has 2 rings (SSSR count). The van der Waals surface area contributed by atoms with Crippen molar-refractivity contribution in [2.24, 2.45) is 0 Å². The van der Waals surface area contributed by atoms with Crippen LogP contribution in [-0.2, 0) is 4.79 Å². The fourth-order valence-electron chi connectivity index (χ4n) is 1.82. The minimum atomic E-state index is -1.08. The number of hydrogen-bond donors (Lipinski definition) is 2. The summed E-state index contributed by atoms with van der Waals surface area (Å²) in [6, 6.07) is 12.9. The van der Waals surface area contributed by atoms with Crippen molar-refractivity contribution in [3.05, 3.63) is 63.2 Å². The summed E-state index contributed by atoms with van der Waals surface area (Å²) in [6.07, 6.45) is -0.294. The SMILES string of the molecule is O=C(CC(=O)c1ccccc1)Nc1cc(C(=O)O)ccc1I. The van der Waals surface area contributed by atoms with Crippen LogP contribution >= 0.6 is 22.6 Å². The van der Waals surface area contributed by atoms with Gasteiger partial charge >= 0.3 is 5.97 Å². The summed E-state index contributed by atoms with van der Waals surface area (Å²) >= 11 is 1.99. The molecule has 0 aliphatic rings. The van der Waals surface area contributed by atoms with E-state index in [2.05, 4.69) is 5.32 Å². The lowest BCUT2D eigenvalue weighted by Crippen LogP contribution is -2.17. The van der Waals surface area contributed by atoms with E-state index < -0.39 is 11.9 Å². The molecular weight excluding hydrogens is 397 g/mol. The lowest BCUT2D eigenvalue weighted by atomic mass is 10.1. The lowest BCUT2D eigenvalue weighted by molar-refractivity contribution is -0.115. The largest absolute Gasteiger partial charge is 0.478 e. The van der Waals surface area contributed by atoms with Gasteiger partial charge in [0.05, 0.1) is 17.7 Å². The van der Waals surface area contributed by atoms with Crippen molar-refractivity contribution < 1.29 is 19.5 Å². The van der Waals surface area contributed by atoms with Crippen LogP contribution in [0.4, 0.5) is 5.69 Å². The van der Waals surface area contributed by atoms with Crippen LogP contribution in [0.25, 0.3) is 0 Å². The van der Waals surface area contributed by atoms with E-state index in [0.29, 0.717) is 14.8 Å². The molecule has 2 aromatic rings. The molecule has 0 radical (unpaired) electrons. The first-order chi connectivity index (χ1) is 10.5. The standard InChI is InChI=1S/C16H12INO4/c17-12-7-6-11(16(21)22)8-13(12)18-15(20)9-14(19)10-4-2-1-3-5-10/h1-8H,9H2,(H,18,20)(H,21,22). The summed E-state index contributed by atoms with van der Waals surface area (Å²) in [4.78, 5) is 34.8. The van der Waals surface area contributed by atoms with Crippen LogP contribution in [-0.4, -0.2) is 22.8 Å².